The van der Waals surface area contributed by atoms with Crippen LogP contribution in [0.5, 0.6) is 0 Å². The number of nitrogens with two attached hydrogens (primary N) is 1. The Bertz CT molecular complexity index is 1480. The summed E-state index contributed by atoms with van der Waals surface area (Å²) in [5.74, 6) is -6.45. The van der Waals surface area contributed by atoms with Crippen LogP contribution in [0.2, 0.25) is 0 Å². The monoisotopic (exact) mass is 623 g/mol. The van der Waals surface area contributed by atoms with E-state index in [-0.39, 0.29) is 17.2 Å². The number of benzene rings is 2. The Labute approximate surface area is 251 Å². The van der Waals surface area contributed by atoms with Crippen LogP contribution in [0.3, 0.4) is 0 Å². The van der Waals surface area contributed by atoms with E-state index in [9.17, 15) is 36.2 Å². The molecule has 0 aliphatic heterocycles. The molecule has 3 rings (SSSR count). The minimum Gasteiger partial charge on any atom is -0.476 e. The molecule has 5 N–H and O–H groups in total. The number of pyridine rings is 1. The van der Waals surface area contributed by atoms with Crippen LogP contribution in [-0.4, -0.2) is 46.9 Å². The fourth-order valence-corrected chi connectivity index (χ4v) is 4.71. The summed E-state index contributed by atoms with van der Waals surface area (Å²) in [7, 11) is 1.60. The van der Waals surface area contributed by atoms with Gasteiger partial charge in [0.15, 0.2) is 11.7 Å². The van der Waals surface area contributed by atoms with Crippen molar-refractivity contribution in [1.29, 1.82) is 0 Å². The topological polar surface area (TPSA) is 104 Å². The Morgan fingerprint density at radius 3 is 2.30 bits per heavy atom. The van der Waals surface area contributed by atoms with Gasteiger partial charge in [0, 0.05) is 48.6 Å². The molecule has 0 bridgehead atoms. The van der Waals surface area contributed by atoms with Gasteiger partial charge in [-0.25, -0.2) is 18.6 Å². The molecule has 0 saturated heterocycles. The van der Waals surface area contributed by atoms with Crippen molar-refractivity contribution in [3.8, 4) is 0 Å². The van der Waals surface area contributed by atoms with Crippen LogP contribution in [0, 0.1) is 5.95 Å². The predicted molar refractivity (Wildman–Crippen MR) is 158 cm³/mol. The van der Waals surface area contributed by atoms with Crippen molar-refractivity contribution >= 4 is 23.0 Å². The molecule has 7 nitrogen and oxygen atoms in total. The second kappa shape index (κ2) is 13.6. The zero-order chi connectivity index (χ0) is 33.0. The molecule has 3 unspecified atom stereocenters. The number of halogens is 6. The summed E-state index contributed by atoms with van der Waals surface area (Å²) in [5, 5.41) is 14.7. The fraction of sp³-hybridized carbons (Fsp3) is 0.355. The van der Waals surface area contributed by atoms with Crippen molar-refractivity contribution < 1.29 is 36.2 Å². The van der Waals surface area contributed by atoms with E-state index in [2.05, 4.69) is 16.9 Å². The molecule has 13 heteroatoms. The number of nitrogen functional groups attached to an aromatic ring is 1. The normalized spacial score (nSPS) is 14.0. The predicted octanol–water partition coefficient (Wildman–Crippen LogP) is 7.36. The molecule has 0 spiro atoms. The molecule has 238 valence electrons. The summed E-state index contributed by atoms with van der Waals surface area (Å²) in [6.45, 7) is 8.86. The van der Waals surface area contributed by atoms with Gasteiger partial charge in [0.1, 0.15) is 0 Å². The smallest absolute Gasteiger partial charge is 0.412 e. The van der Waals surface area contributed by atoms with Gasteiger partial charge in [-0.3, -0.25) is 5.32 Å². The molecule has 1 aromatic heterocycles. The van der Waals surface area contributed by atoms with E-state index in [4.69, 9.17) is 5.73 Å². The molecule has 0 saturated carbocycles. The molecular formula is C31H35F6N5O2. The summed E-state index contributed by atoms with van der Waals surface area (Å²) in [5.41, 5.74) is 3.48. The van der Waals surface area contributed by atoms with E-state index in [1.165, 1.54) is 0 Å². The van der Waals surface area contributed by atoms with E-state index < -0.39 is 64.4 Å². The number of carboxylic acid groups (broad SMARTS) is 1. The van der Waals surface area contributed by atoms with E-state index in [1.807, 2.05) is 42.6 Å². The van der Waals surface area contributed by atoms with Crippen LogP contribution in [0.15, 0.2) is 61.2 Å². The molecular weight excluding hydrogens is 588 g/mol. The molecule has 44 heavy (non-hydrogen) atoms. The van der Waals surface area contributed by atoms with Crippen LogP contribution in [-0.2, 0) is 5.92 Å². The molecule has 2 aromatic carbocycles. The van der Waals surface area contributed by atoms with Gasteiger partial charge in [-0.1, -0.05) is 43.8 Å². The van der Waals surface area contributed by atoms with Crippen molar-refractivity contribution in [2.45, 2.75) is 57.4 Å². The number of rotatable bonds is 13. The van der Waals surface area contributed by atoms with Gasteiger partial charge in [-0.2, -0.15) is 17.6 Å². The van der Waals surface area contributed by atoms with Gasteiger partial charge in [0.05, 0.1) is 11.9 Å². The summed E-state index contributed by atoms with van der Waals surface area (Å²) >= 11 is 0. The van der Waals surface area contributed by atoms with Crippen molar-refractivity contribution in [3.05, 3.63) is 95.1 Å². The number of carbonyl (C=O) groups is 1. The lowest BCUT2D eigenvalue weighted by atomic mass is 9.93. The lowest BCUT2D eigenvalue weighted by Gasteiger charge is -2.33. The quantitative estimate of drug-likeness (QED) is 0.0683. The average Bonchev–Trinajstić information content (AvgIpc) is 2.95. The van der Waals surface area contributed by atoms with Gasteiger partial charge in [-0.15, -0.1) is 0 Å². The lowest BCUT2D eigenvalue weighted by molar-refractivity contribution is -0.143. The number of hydrogen-bond acceptors (Lipinski definition) is 6. The average molecular weight is 624 g/mol. The Morgan fingerprint density at radius 2 is 1.75 bits per heavy atom. The maximum Gasteiger partial charge on any atom is 0.412 e. The van der Waals surface area contributed by atoms with Gasteiger partial charge < -0.3 is 21.1 Å². The summed E-state index contributed by atoms with van der Waals surface area (Å²) in [6, 6.07) is 10.1. The third-order valence-electron chi connectivity index (χ3n) is 7.46. The Morgan fingerprint density at radius 1 is 1.11 bits per heavy atom. The van der Waals surface area contributed by atoms with E-state index in [0.717, 1.165) is 24.1 Å². The molecule has 0 fully saturated rings. The number of aromatic nitrogens is 1. The van der Waals surface area contributed by atoms with Crippen LogP contribution in [0.1, 0.15) is 71.9 Å². The van der Waals surface area contributed by atoms with Gasteiger partial charge in [0.2, 0.25) is 5.95 Å². The second-order valence-corrected chi connectivity index (χ2v) is 10.5. The molecule has 0 radical (unpaired) electrons. The minimum absolute atomic E-state index is 0.0678. The molecule has 1 heterocycles. The van der Waals surface area contributed by atoms with Crippen LogP contribution in [0.4, 0.5) is 37.7 Å². The highest BCUT2D eigenvalue weighted by atomic mass is 19.4. The number of nitrogens with one attached hydrogen (secondary N) is 2. The number of nitrogens with zero attached hydrogens (tertiary/aromatic N) is 2. The number of carboxylic acids is 1. The molecule has 3 aromatic rings. The first-order chi connectivity index (χ1) is 20.4. The number of anilines is 2. The zero-order valence-corrected chi connectivity index (χ0v) is 24.6. The Hall–Kier alpha value is -4.26. The zero-order valence-electron chi connectivity index (χ0n) is 24.6. The number of alkyl halides is 5. The van der Waals surface area contributed by atoms with Crippen molar-refractivity contribution in [2.75, 3.05) is 24.6 Å². The largest absolute Gasteiger partial charge is 0.476 e. The molecule has 0 aliphatic carbocycles. The third kappa shape index (κ3) is 8.01. The maximum atomic E-state index is 14.7. The first kappa shape index (κ1) is 34.2. The van der Waals surface area contributed by atoms with Gasteiger partial charge in [0.25, 0.3) is 5.92 Å². The van der Waals surface area contributed by atoms with Gasteiger partial charge in [-0.05, 0) is 49.1 Å². The van der Waals surface area contributed by atoms with Crippen LogP contribution in [0.25, 0.3) is 5.70 Å². The van der Waals surface area contributed by atoms with E-state index in [0.29, 0.717) is 25.6 Å². The second-order valence-electron chi connectivity index (χ2n) is 10.5. The fourth-order valence-electron chi connectivity index (χ4n) is 4.71. The van der Waals surface area contributed by atoms with Crippen LogP contribution < -0.4 is 16.4 Å². The van der Waals surface area contributed by atoms with Gasteiger partial charge >= 0.3 is 12.1 Å². The first-order valence-corrected chi connectivity index (χ1v) is 13.7. The maximum absolute atomic E-state index is 14.7. The highest BCUT2D eigenvalue weighted by Crippen LogP contribution is 2.43. The number of hydrogen-bond donors (Lipinski definition) is 4. The Balaban J connectivity index is 2.02. The van der Waals surface area contributed by atoms with E-state index in [1.54, 1.807) is 18.9 Å². The Kier molecular flexibility index (Phi) is 10.6. The SMILES string of the molecule is C=C(c1cc(C(C)(F)F)cc(C(Nc2ccc(F)nc2C(=O)O)C(F)(F)F)c1N)N(C)C(C)NCC(CC)c1ccccc1. The minimum atomic E-state index is -5.16. The lowest BCUT2D eigenvalue weighted by Crippen LogP contribution is -2.42. The highest BCUT2D eigenvalue weighted by molar-refractivity contribution is 5.92. The molecule has 3 atom stereocenters. The summed E-state index contributed by atoms with van der Waals surface area (Å²) in [6.07, 6.45) is -4.77. The molecule has 0 amide bonds. The summed E-state index contributed by atoms with van der Waals surface area (Å²) < 4.78 is 86.4. The first-order valence-electron chi connectivity index (χ1n) is 13.7. The summed E-state index contributed by atoms with van der Waals surface area (Å²) in [4.78, 5) is 16.3. The highest BCUT2D eigenvalue weighted by Gasteiger charge is 2.44. The third-order valence-corrected chi connectivity index (χ3v) is 7.46. The van der Waals surface area contributed by atoms with Crippen molar-refractivity contribution in [1.82, 2.24) is 15.2 Å². The van der Waals surface area contributed by atoms with Crippen molar-refractivity contribution in [2.24, 2.45) is 0 Å². The van der Waals surface area contributed by atoms with Crippen molar-refractivity contribution in [3.63, 3.8) is 0 Å². The number of aromatic carboxylic acids is 1. The standard InChI is InChI=1S/C31H35F6N5O2/c1-6-19(20-10-8-7-9-11-20)16-39-18(3)42(5)17(2)22-14-21(30(4,33)34)15-23(26(22)38)28(31(35,36)37)40-24-12-13-25(32)41-27(24)29(43)44/h7-15,18-19,28,39-40H,2,6,16,38H2,1,3-5H3,(H,43,44). The molecule has 0 aliphatic rings. The van der Waals surface area contributed by atoms with Crippen LogP contribution >= 0.6 is 0 Å². The van der Waals surface area contributed by atoms with E-state index >= 15 is 0 Å².